The van der Waals surface area contributed by atoms with Crippen LogP contribution in [0.4, 0.5) is 0 Å². The molecule has 10 heavy (non-hydrogen) atoms. The van der Waals surface area contributed by atoms with Crippen molar-refractivity contribution >= 4 is 6.21 Å². The Kier molecular flexibility index (Phi) is 1.17. The zero-order valence-electron chi connectivity index (χ0n) is 5.59. The predicted octanol–water partition coefficient (Wildman–Crippen LogP) is -0.574. The van der Waals surface area contributed by atoms with E-state index in [9.17, 15) is 0 Å². The van der Waals surface area contributed by atoms with Crippen LogP contribution < -0.4 is 10.5 Å². The van der Waals surface area contributed by atoms with Gasteiger partial charge in [0.25, 0.3) is 0 Å². The molecule has 1 aliphatic heterocycles. The topological polar surface area (TPSA) is 26.0 Å². The summed E-state index contributed by atoms with van der Waals surface area (Å²) in [5.74, 6) is 0. The minimum Gasteiger partial charge on any atom is -0.168 e. The van der Waals surface area contributed by atoms with Gasteiger partial charge in [-0.15, -0.1) is 5.10 Å². The van der Waals surface area contributed by atoms with E-state index in [0.717, 1.165) is 6.42 Å². The molecule has 2 aliphatic rings. The SMILES string of the molecule is C1=CCC2=CC=[NH+]NC2=C1. The molecule has 0 saturated carbocycles. The molecule has 1 heterocycles. The average Bonchev–Trinajstić information content (AvgIpc) is 2.05. The van der Waals surface area contributed by atoms with Crippen molar-refractivity contribution < 1.29 is 5.10 Å². The zero-order chi connectivity index (χ0) is 6.81. The first-order valence-electron chi connectivity index (χ1n) is 3.38. The van der Waals surface area contributed by atoms with Crippen LogP contribution in [0.15, 0.2) is 35.6 Å². The molecular formula is C8H9N2+. The van der Waals surface area contributed by atoms with E-state index < -0.39 is 0 Å². The van der Waals surface area contributed by atoms with Crippen molar-refractivity contribution in [3.8, 4) is 0 Å². The summed E-state index contributed by atoms with van der Waals surface area (Å²) in [6, 6.07) is 0. The van der Waals surface area contributed by atoms with E-state index in [1.165, 1.54) is 11.3 Å². The Morgan fingerprint density at radius 2 is 2.40 bits per heavy atom. The molecule has 2 nitrogen and oxygen atoms in total. The molecule has 0 atom stereocenters. The van der Waals surface area contributed by atoms with E-state index in [0.29, 0.717) is 0 Å². The number of hydrazine groups is 1. The van der Waals surface area contributed by atoms with Gasteiger partial charge in [0, 0.05) is 6.08 Å². The number of hydrazone groups is 1. The maximum atomic E-state index is 3.06. The predicted molar refractivity (Wildman–Crippen MR) is 40.1 cm³/mol. The first kappa shape index (κ1) is 5.47. The van der Waals surface area contributed by atoms with Crippen molar-refractivity contribution in [2.24, 2.45) is 0 Å². The van der Waals surface area contributed by atoms with Crippen LogP contribution in [0.2, 0.25) is 0 Å². The largest absolute Gasteiger partial charge is 0.191 e. The van der Waals surface area contributed by atoms with Gasteiger partial charge in [-0.05, 0) is 18.1 Å². The summed E-state index contributed by atoms with van der Waals surface area (Å²) in [4.78, 5) is 0. The van der Waals surface area contributed by atoms with Crippen molar-refractivity contribution in [1.29, 1.82) is 0 Å². The minimum atomic E-state index is 1.04. The lowest BCUT2D eigenvalue weighted by atomic mass is 10.0. The van der Waals surface area contributed by atoms with Crippen molar-refractivity contribution in [2.45, 2.75) is 6.42 Å². The molecule has 0 aromatic rings. The smallest absolute Gasteiger partial charge is 0.168 e. The maximum Gasteiger partial charge on any atom is 0.191 e. The molecule has 0 saturated heterocycles. The lowest BCUT2D eigenvalue weighted by Crippen LogP contribution is -2.80. The van der Waals surface area contributed by atoms with Crippen LogP contribution in [-0.4, -0.2) is 6.21 Å². The summed E-state index contributed by atoms with van der Waals surface area (Å²) in [6.45, 7) is 0. The normalized spacial score (nSPS) is 20.8. The third kappa shape index (κ3) is 0.778. The first-order chi connectivity index (χ1) is 4.97. The van der Waals surface area contributed by atoms with Gasteiger partial charge in [-0.25, -0.2) is 0 Å². The van der Waals surface area contributed by atoms with Gasteiger partial charge in [0.1, 0.15) is 0 Å². The van der Waals surface area contributed by atoms with E-state index in [2.05, 4.69) is 34.8 Å². The Bertz CT molecular complexity index is 228. The van der Waals surface area contributed by atoms with Crippen LogP contribution in [0.1, 0.15) is 6.42 Å². The van der Waals surface area contributed by atoms with E-state index in [-0.39, 0.29) is 0 Å². The van der Waals surface area contributed by atoms with Crippen LogP contribution in [0, 0.1) is 0 Å². The molecule has 2 N–H and O–H groups in total. The van der Waals surface area contributed by atoms with Crippen molar-refractivity contribution in [3.63, 3.8) is 0 Å². The number of allylic oxidation sites excluding steroid dienone is 5. The molecule has 0 fully saturated rings. The fraction of sp³-hybridized carbons (Fsp3) is 0.125. The molecule has 0 radical (unpaired) electrons. The molecule has 2 rings (SSSR count). The monoisotopic (exact) mass is 133 g/mol. The quantitative estimate of drug-likeness (QED) is 0.454. The Balaban J connectivity index is 2.38. The highest BCUT2D eigenvalue weighted by Crippen LogP contribution is 2.15. The number of fused-ring (bicyclic) bond motifs is 1. The van der Waals surface area contributed by atoms with Gasteiger partial charge >= 0.3 is 0 Å². The van der Waals surface area contributed by atoms with Gasteiger partial charge in [-0.3, -0.25) is 0 Å². The van der Waals surface area contributed by atoms with Crippen molar-refractivity contribution in [1.82, 2.24) is 5.43 Å². The molecule has 50 valence electrons. The average molecular weight is 133 g/mol. The van der Waals surface area contributed by atoms with Gasteiger partial charge in [0.2, 0.25) is 0 Å². The van der Waals surface area contributed by atoms with Gasteiger partial charge in [0.15, 0.2) is 6.21 Å². The molecule has 0 aromatic carbocycles. The van der Waals surface area contributed by atoms with Crippen LogP contribution in [0.5, 0.6) is 0 Å². The Labute approximate surface area is 59.6 Å². The summed E-state index contributed by atoms with van der Waals surface area (Å²) in [6.07, 6.45) is 11.3. The summed E-state index contributed by atoms with van der Waals surface area (Å²) in [5.41, 5.74) is 5.59. The van der Waals surface area contributed by atoms with Crippen LogP contribution >= 0.6 is 0 Å². The Morgan fingerprint density at radius 3 is 3.30 bits per heavy atom. The second-order valence-corrected chi connectivity index (χ2v) is 2.34. The van der Waals surface area contributed by atoms with Gasteiger partial charge in [-0.1, -0.05) is 12.2 Å². The minimum absolute atomic E-state index is 1.04. The standard InChI is InChI=1S/C8H8N2/c1-2-4-8-7(3-1)5-6-9-10-8/h1-2,4-6,10H,3H2/p+1. The highest BCUT2D eigenvalue weighted by molar-refractivity contribution is 5.70. The maximum absolute atomic E-state index is 3.06. The second-order valence-electron chi connectivity index (χ2n) is 2.34. The first-order valence-corrected chi connectivity index (χ1v) is 3.38. The third-order valence-electron chi connectivity index (χ3n) is 1.66. The van der Waals surface area contributed by atoms with E-state index in [1.54, 1.807) is 0 Å². The fourth-order valence-corrected chi connectivity index (χ4v) is 1.12. The summed E-state index contributed by atoms with van der Waals surface area (Å²) >= 11 is 0. The summed E-state index contributed by atoms with van der Waals surface area (Å²) < 4.78 is 0. The molecule has 2 heteroatoms. The van der Waals surface area contributed by atoms with Crippen LogP contribution in [0.25, 0.3) is 0 Å². The molecule has 0 unspecified atom stereocenters. The third-order valence-corrected chi connectivity index (χ3v) is 1.66. The fourth-order valence-electron chi connectivity index (χ4n) is 1.12. The number of rotatable bonds is 0. The molecule has 0 aromatic heterocycles. The van der Waals surface area contributed by atoms with Gasteiger partial charge in [0.05, 0.1) is 5.70 Å². The molecule has 0 bridgehead atoms. The van der Waals surface area contributed by atoms with Gasteiger partial charge < -0.3 is 0 Å². The summed E-state index contributed by atoms with van der Waals surface area (Å²) in [7, 11) is 0. The number of hydrogen-bond donors (Lipinski definition) is 2. The van der Waals surface area contributed by atoms with Gasteiger partial charge in [-0.2, -0.15) is 5.43 Å². The molecule has 1 aliphatic carbocycles. The van der Waals surface area contributed by atoms with Crippen molar-refractivity contribution in [3.05, 3.63) is 35.6 Å². The second kappa shape index (κ2) is 2.14. The van der Waals surface area contributed by atoms with Crippen molar-refractivity contribution in [2.75, 3.05) is 0 Å². The molecular weight excluding hydrogens is 124 g/mol. The Hall–Kier alpha value is -1.31. The highest BCUT2D eigenvalue weighted by atomic mass is 15.3. The lowest BCUT2D eigenvalue weighted by molar-refractivity contribution is -0.512. The number of nitrogens with one attached hydrogen (secondary N) is 2. The molecule has 0 amide bonds. The zero-order valence-corrected chi connectivity index (χ0v) is 5.59. The Morgan fingerprint density at radius 1 is 1.40 bits per heavy atom. The van der Waals surface area contributed by atoms with Crippen LogP contribution in [-0.2, 0) is 0 Å². The molecule has 0 spiro atoms. The van der Waals surface area contributed by atoms with Crippen LogP contribution in [0.3, 0.4) is 0 Å². The number of hydrogen-bond acceptors (Lipinski definition) is 1. The lowest BCUT2D eigenvalue weighted by Gasteiger charge is -2.10. The van der Waals surface area contributed by atoms with E-state index in [1.807, 2.05) is 6.21 Å². The van der Waals surface area contributed by atoms with E-state index >= 15 is 0 Å². The highest BCUT2D eigenvalue weighted by Gasteiger charge is 2.09. The summed E-state index contributed by atoms with van der Waals surface area (Å²) in [5, 5.41) is 2.93. The van der Waals surface area contributed by atoms with E-state index in [4.69, 9.17) is 0 Å².